The average Bonchev–Trinajstić information content (AvgIpc) is 2.94. The first-order valence-corrected chi connectivity index (χ1v) is 9.61. The molecule has 128 valence electrons. The summed E-state index contributed by atoms with van der Waals surface area (Å²) in [4.78, 5) is 13.7. The van der Waals surface area contributed by atoms with Crippen LogP contribution in [0, 0.1) is 19.8 Å². The van der Waals surface area contributed by atoms with Crippen LogP contribution in [0.25, 0.3) is 0 Å². The van der Waals surface area contributed by atoms with Gasteiger partial charge in [0.25, 0.3) is 0 Å². The number of carbonyl (C=O) groups is 1. The van der Waals surface area contributed by atoms with Gasteiger partial charge in [0.2, 0.25) is 0 Å². The molecule has 0 radical (unpaired) electrons. The van der Waals surface area contributed by atoms with Gasteiger partial charge in [0.15, 0.2) is 0 Å². The highest BCUT2D eigenvalue weighted by atomic mass is 32.1. The Morgan fingerprint density at radius 2 is 2.17 bits per heavy atom. The summed E-state index contributed by atoms with van der Waals surface area (Å²) in [6.45, 7) is 7.10. The predicted octanol–water partition coefficient (Wildman–Crippen LogP) is 4.85. The highest BCUT2D eigenvalue weighted by Crippen LogP contribution is 2.32. The maximum absolute atomic E-state index is 12.1. The fourth-order valence-electron chi connectivity index (χ4n) is 3.32. The number of thiophene rings is 1. The molecule has 1 aliphatic carbocycles. The summed E-state index contributed by atoms with van der Waals surface area (Å²) in [5, 5.41) is 8.22. The third-order valence-corrected chi connectivity index (χ3v) is 6.12. The third kappa shape index (κ3) is 3.81. The third-order valence-electron chi connectivity index (χ3n) is 5.02. The summed E-state index contributed by atoms with van der Waals surface area (Å²) < 4.78 is 0. The van der Waals surface area contributed by atoms with Gasteiger partial charge in [0.05, 0.1) is 0 Å². The Morgan fingerprint density at radius 1 is 1.33 bits per heavy atom. The molecule has 0 fully saturated rings. The summed E-state index contributed by atoms with van der Waals surface area (Å²) in [6.07, 6.45) is 4.63. The minimum absolute atomic E-state index is 0.124. The summed E-state index contributed by atoms with van der Waals surface area (Å²) in [7, 11) is 0. The average molecular weight is 343 g/mol. The molecule has 0 bridgehead atoms. The molecule has 4 heteroatoms. The van der Waals surface area contributed by atoms with Gasteiger partial charge >= 0.3 is 6.03 Å². The van der Waals surface area contributed by atoms with Crippen LogP contribution in [0.1, 0.15) is 40.5 Å². The lowest BCUT2D eigenvalue weighted by molar-refractivity contribution is 0.252. The molecule has 1 aliphatic rings. The van der Waals surface area contributed by atoms with E-state index in [2.05, 4.69) is 35.9 Å². The molecule has 3 rings (SSSR count). The molecule has 1 aromatic carbocycles. The molecule has 0 saturated carbocycles. The monoisotopic (exact) mass is 342 g/mol. The molecule has 3 nitrogen and oxygen atoms in total. The van der Waals surface area contributed by atoms with Crippen LogP contribution in [0.2, 0.25) is 0 Å². The molecular weight excluding hydrogens is 316 g/mol. The first kappa shape index (κ1) is 17.0. The van der Waals surface area contributed by atoms with Crippen LogP contribution < -0.4 is 10.6 Å². The summed E-state index contributed by atoms with van der Waals surface area (Å²) >= 11 is 1.89. The fraction of sp³-hybridized carbons (Fsp3) is 0.450. The van der Waals surface area contributed by atoms with Gasteiger partial charge in [-0.1, -0.05) is 19.1 Å². The van der Waals surface area contributed by atoms with E-state index in [0.29, 0.717) is 6.54 Å². The molecule has 0 spiro atoms. The van der Waals surface area contributed by atoms with Crippen LogP contribution in [-0.2, 0) is 19.3 Å². The van der Waals surface area contributed by atoms with Crippen molar-refractivity contribution in [2.45, 2.75) is 46.5 Å². The summed E-state index contributed by atoms with van der Waals surface area (Å²) in [5.41, 5.74) is 6.17. The second kappa shape index (κ2) is 7.39. The highest BCUT2D eigenvalue weighted by molar-refractivity contribution is 7.10. The number of anilines is 1. The molecule has 1 aromatic heterocycles. The van der Waals surface area contributed by atoms with E-state index in [4.69, 9.17) is 0 Å². The van der Waals surface area contributed by atoms with Crippen molar-refractivity contribution < 1.29 is 4.79 Å². The quantitative estimate of drug-likeness (QED) is 0.819. The molecule has 2 N–H and O–H groups in total. The smallest absolute Gasteiger partial charge is 0.319 e. The predicted molar refractivity (Wildman–Crippen MR) is 102 cm³/mol. The zero-order valence-corrected chi connectivity index (χ0v) is 15.6. The number of fused-ring (bicyclic) bond motifs is 1. The van der Waals surface area contributed by atoms with Gasteiger partial charge in [-0.3, -0.25) is 0 Å². The standard InChI is InChI=1S/C20H26N2OS/c1-13-7-8-17-16(12-24-19(17)11-13)9-10-21-20(23)22-18-6-4-5-14(2)15(18)3/h4-6,12-13H,7-11H2,1-3H3,(H2,21,22,23)/t13-/m1/s1. The van der Waals surface area contributed by atoms with Crippen molar-refractivity contribution in [1.29, 1.82) is 0 Å². The van der Waals surface area contributed by atoms with Crippen LogP contribution in [-0.4, -0.2) is 12.6 Å². The van der Waals surface area contributed by atoms with Crippen molar-refractivity contribution in [2.24, 2.45) is 5.92 Å². The van der Waals surface area contributed by atoms with Crippen LogP contribution >= 0.6 is 11.3 Å². The Balaban J connectivity index is 1.52. The van der Waals surface area contributed by atoms with Crippen molar-refractivity contribution in [3.8, 4) is 0 Å². The van der Waals surface area contributed by atoms with Gasteiger partial charge in [-0.2, -0.15) is 0 Å². The lowest BCUT2D eigenvalue weighted by Crippen LogP contribution is -2.30. The number of urea groups is 1. The van der Waals surface area contributed by atoms with Crippen molar-refractivity contribution in [2.75, 3.05) is 11.9 Å². The molecule has 1 heterocycles. The number of benzene rings is 1. The van der Waals surface area contributed by atoms with E-state index in [9.17, 15) is 4.79 Å². The number of rotatable bonds is 4. The minimum atomic E-state index is -0.124. The number of nitrogens with one attached hydrogen (secondary N) is 2. The van der Waals surface area contributed by atoms with Gasteiger partial charge in [-0.05, 0) is 79.1 Å². The fourth-order valence-corrected chi connectivity index (χ4v) is 4.62. The van der Waals surface area contributed by atoms with Gasteiger partial charge in [0, 0.05) is 17.1 Å². The lowest BCUT2D eigenvalue weighted by Gasteiger charge is -2.19. The van der Waals surface area contributed by atoms with E-state index in [0.717, 1.165) is 23.6 Å². The summed E-state index contributed by atoms with van der Waals surface area (Å²) in [6, 6.07) is 5.84. The van der Waals surface area contributed by atoms with E-state index in [1.165, 1.54) is 30.4 Å². The lowest BCUT2D eigenvalue weighted by atomic mass is 9.88. The molecule has 2 aromatic rings. The van der Waals surface area contributed by atoms with Gasteiger partial charge in [0.1, 0.15) is 0 Å². The second-order valence-corrected chi connectivity index (χ2v) is 7.85. The number of hydrogen-bond donors (Lipinski definition) is 2. The number of amides is 2. The van der Waals surface area contributed by atoms with E-state index < -0.39 is 0 Å². The first-order chi connectivity index (χ1) is 11.5. The molecule has 24 heavy (non-hydrogen) atoms. The molecule has 1 atom stereocenters. The van der Waals surface area contributed by atoms with Crippen LogP contribution in [0.3, 0.4) is 0 Å². The number of hydrogen-bond acceptors (Lipinski definition) is 2. The molecule has 0 aliphatic heterocycles. The largest absolute Gasteiger partial charge is 0.338 e. The van der Waals surface area contributed by atoms with Gasteiger partial charge < -0.3 is 10.6 Å². The zero-order chi connectivity index (χ0) is 17.1. The topological polar surface area (TPSA) is 41.1 Å². The minimum Gasteiger partial charge on any atom is -0.338 e. The number of carbonyl (C=O) groups excluding carboxylic acids is 1. The SMILES string of the molecule is Cc1cccc(NC(=O)NCCc2csc3c2CC[C@@H](C)C3)c1C. The zero-order valence-electron chi connectivity index (χ0n) is 14.7. The van der Waals surface area contributed by atoms with Crippen molar-refractivity contribution in [3.63, 3.8) is 0 Å². The molecule has 2 amide bonds. The molecular formula is C20H26N2OS. The maximum atomic E-state index is 12.1. The maximum Gasteiger partial charge on any atom is 0.319 e. The summed E-state index contributed by atoms with van der Waals surface area (Å²) in [5.74, 6) is 0.811. The van der Waals surface area contributed by atoms with E-state index in [1.807, 2.05) is 30.4 Å². The normalized spacial score (nSPS) is 16.5. The molecule has 0 unspecified atom stereocenters. The Labute approximate surface area is 148 Å². The Kier molecular flexibility index (Phi) is 5.24. The van der Waals surface area contributed by atoms with E-state index in [-0.39, 0.29) is 6.03 Å². The van der Waals surface area contributed by atoms with Crippen molar-refractivity contribution >= 4 is 23.1 Å². The van der Waals surface area contributed by atoms with Crippen molar-refractivity contribution in [1.82, 2.24) is 5.32 Å². The highest BCUT2D eigenvalue weighted by Gasteiger charge is 2.19. The van der Waals surface area contributed by atoms with Gasteiger partial charge in [-0.25, -0.2) is 4.79 Å². The van der Waals surface area contributed by atoms with Gasteiger partial charge in [-0.15, -0.1) is 11.3 Å². The first-order valence-electron chi connectivity index (χ1n) is 8.73. The Bertz CT molecular complexity index is 735. The Morgan fingerprint density at radius 3 is 3.00 bits per heavy atom. The Hall–Kier alpha value is -1.81. The van der Waals surface area contributed by atoms with Crippen LogP contribution in [0.15, 0.2) is 23.6 Å². The second-order valence-electron chi connectivity index (χ2n) is 6.89. The van der Waals surface area contributed by atoms with Crippen LogP contribution in [0.5, 0.6) is 0 Å². The van der Waals surface area contributed by atoms with Crippen LogP contribution in [0.4, 0.5) is 10.5 Å². The van der Waals surface area contributed by atoms with Crippen molar-refractivity contribution in [3.05, 3.63) is 50.7 Å². The van der Waals surface area contributed by atoms with E-state index in [1.54, 1.807) is 10.4 Å². The van der Waals surface area contributed by atoms with E-state index >= 15 is 0 Å². The molecule has 0 saturated heterocycles. The number of aryl methyl sites for hydroxylation is 1.